The molecule has 0 aliphatic heterocycles. The van der Waals surface area contributed by atoms with Gasteiger partial charge < -0.3 is 10.2 Å². The molecule has 3 rings (SSSR count). The van der Waals surface area contributed by atoms with Crippen LogP contribution < -0.4 is 5.73 Å². The van der Waals surface area contributed by atoms with Crippen LogP contribution in [-0.2, 0) is 6.42 Å². The number of nitrogens with two attached hydrogens (primary N) is 1. The predicted octanol–water partition coefficient (Wildman–Crippen LogP) is 3.35. The highest BCUT2D eigenvalue weighted by molar-refractivity contribution is 6.05. The van der Waals surface area contributed by atoms with E-state index in [1.165, 1.54) is 0 Å². The number of hydrogen-bond donors (Lipinski definition) is 1. The average Bonchev–Trinajstić information content (AvgIpc) is 2.97. The van der Waals surface area contributed by atoms with E-state index in [4.69, 9.17) is 10.2 Å². The molecule has 1 aromatic carbocycles. The van der Waals surface area contributed by atoms with Crippen molar-refractivity contribution in [1.29, 1.82) is 0 Å². The van der Waals surface area contributed by atoms with Crippen molar-refractivity contribution in [2.45, 2.75) is 27.2 Å². The molecule has 2 aromatic heterocycles. The minimum Gasteiger partial charge on any atom is -0.469 e. The van der Waals surface area contributed by atoms with E-state index in [1.54, 1.807) is 10.8 Å². The number of fused-ring (bicyclic) bond motifs is 1. The second-order valence-corrected chi connectivity index (χ2v) is 5.61. The fourth-order valence-corrected chi connectivity index (χ4v) is 3.16. The van der Waals surface area contributed by atoms with E-state index in [0.717, 1.165) is 34.1 Å². The smallest absolute Gasteiger partial charge is 0.266 e. The van der Waals surface area contributed by atoms with Gasteiger partial charge in [-0.15, -0.1) is 0 Å². The lowest BCUT2D eigenvalue weighted by Gasteiger charge is -2.07. The van der Waals surface area contributed by atoms with Gasteiger partial charge in [0.2, 0.25) is 0 Å². The second kappa shape index (κ2) is 5.46. The quantitative estimate of drug-likeness (QED) is 0.806. The van der Waals surface area contributed by atoms with E-state index in [0.29, 0.717) is 17.9 Å². The summed E-state index contributed by atoms with van der Waals surface area (Å²) in [6.07, 6.45) is 2.39. The van der Waals surface area contributed by atoms with Crippen LogP contribution in [0.2, 0.25) is 0 Å². The minimum atomic E-state index is -0.0410. The molecule has 0 saturated heterocycles. The van der Waals surface area contributed by atoms with Gasteiger partial charge >= 0.3 is 0 Å². The third kappa shape index (κ3) is 2.07. The van der Waals surface area contributed by atoms with Crippen molar-refractivity contribution in [2.24, 2.45) is 5.73 Å². The van der Waals surface area contributed by atoms with Crippen molar-refractivity contribution in [3.8, 4) is 0 Å². The van der Waals surface area contributed by atoms with Gasteiger partial charge in [-0.25, -0.2) is 0 Å². The number of carbonyl (C=O) groups excluding carboxylic acids is 1. The third-order valence-electron chi connectivity index (χ3n) is 4.21. The summed E-state index contributed by atoms with van der Waals surface area (Å²) >= 11 is 0. The largest absolute Gasteiger partial charge is 0.469 e. The van der Waals surface area contributed by atoms with Crippen molar-refractivity contribution in [2.75, 3.05) is 6.54 Å². The van der Waals surface area contributed by atoms with Crippen LogP contribution in [0.15, 0.2) is 34.9 Å². The van der Waals surface area contributed by atoms with Crippen molar-refractivity contribution in [3.05, 3.63) is 58.7 Å². The second-order valence-electron chi connectivity index (χ2n) is 5.61. The molecule has 3 aromatic rings. The first-order valence-electron chi connectivity index (χ1n) is 7.44. The zero-order chi connectivity index (χ0) is 15.9. The van der Waals surface area contributed by atoms with Crippen LogP contribution in [0.3, 0.4) is 0 Å². The Bertz CT molecular complexity index is 836. The SMILES string of the molecule is Cc1coc(C)c1C(=O)n1c(C)c(CCN)c2ccccc21. The number of rotatable bonds is 3. The summed E-state index contributed by atoms with van der Waals surface area (Å²) in [5.41, 5.74) is 10.3. The van der Waals surface area contributed by atoms with Crippen LogP contribution in [0.1, 0.15) is 32.9 Å². The Morgan fingerprint density at radius 3 is 2.59 bits per heavy atom. The predicted molar refractivity (Wildman–Crippen MR) is 87.3 cm³/mol. The molecular formula is C18H20N2O2. The lowest BCUT2D eigenvalue weighted by molar-refractivity contribution is 0.0961. The van der Waals surface area contributed by atoms with Crippen molar-refractivity contribution in [1.82, 2.24) is 4.57 Å². The monoisotopic (exact) mass is 296 g/mol. The minimum absolute atomic E-state index is 0.0410. The Kier molecular flexibility index (Phi) is 3.62. The summed E-state index contributed by atoms with van der Waals surface area (Å²) in [7, 11) is 0. The molecule has 2 N–H and O–H groups in total. The van der Waals surface area contributed by atoms with E-state index in [2.05, 4.69) is 0 Å². The first-order chi connectivity index (χ1) is 10.6. The summed E-state index contributed by atoms with van der Waals surface area (Å²) in [6.45, 7) is 6.26. The van der Waals surface area contributed by atoms with Gasteiger partial charge in [0.15, 0.2) is 0 Å². The fraction of sp³-hybridized carbons (Fsp3) is 0.278. The lowest BCUT2D eigenvalue weighted by Crippen LogP contribution is -2.15. The molecule has 0 fully saturated rings. The number of carbonyl (C=O) groups is 1. The molecular weight excluding hydrogens is 276 g/mol. The van der Waals surface area contributed by atoms with Crippen LogP contribution in [0.5, 0.6) is 0 Å². The summed E-state index contributed by atoms with van der Waals surface area (Å²) < 4.78 is 7.17. The standard InChI is InChI=1S/C18H20N2O2/c1-11-10-22-13(3)17(11)18(21)20-12(2)14(8-9-19)15-6-4-5-7-16(15)20/h4-7,10H,8-9,19H2,1-3H3. The highest BCUT2D eigenvalue weighted by Gasteiger charge is 2.23. The number of furan rings is 1. The van der Waals surface area contributed by atoms with E-state index < -0.39 is 0 Å². The number of aromatic nitrogens is 1. The number of hydrogen-bond acceptors (Lipinski definition) is 3. The Morgan fingerprint density at radius 1 is 1.23 bits per heavy atom. The van der Waals surface area contributed by atoms with Gasteiger partial charge in [-0.3, -0.25) is 9.36 Å². The van der Waals surface area contributed by atoms with E-state index in [9.17, 15) is 4.79 Å². The van der Waals surface area contributed by atoms with Gasteiger partial charge in [0.1, 0.15) is 5.76 Å². The highest BCUT2D eigenvalue weighted by atomic mass is 16.3. The molecule has 0 radical (unpaired) electrons. The molecule has 4 heteroatoms. The lowest BCUT2D eigenvalue weighted by atomic mass is 10.1. The molecule has 4 nitrogen and oxygen atoms in total. The van der Waals surface area contributed by atoms with Gasteiger partial charge in [-0.1, -0.05) is 18.2 Å². The van der Waals surface area contributed by atoms with Gasteiger partial charge in [0.25, 0.3) is 5.91 Å². The Balaban J connectivity index is 2.27. The number of aryl methyl sites for hydroxylation is 2. The third-order valence-corrected chi connectivity index (χ3v) is 4.21. The van der Waals surface area contributed by atoms with Crippen LogP contribution in [0.4, 0.5) is 0 Å². The Morgan fingerprint density at radius 2 is 1.95 bits per heavy atom. The van der Waals surface area contributed by atoms with Crippen LogP contribution in [0.25, 0.3) is 10.9 Å². The van der Waals surface area contributed by atoms with Crippen LogP contribution >= 0.6 is 0 Å². The fourth-order valence-electron chi connectivity index (χ4n) is 3.16. The van der Waals surface area contributed by atoms with Crippen molar-refractivity contribution >= 4 is 16.8 Å². The van der Waals surface area contributed by atoms with Crippen molar-refractivity contribution < 1.29 is 9.21 Å². The van der Waals surface area contributed by atoms with Crippen LogP contribution in [0, 0.1) is 20.8 Å². The van der Waals surface area contributed by atoms with Crippen LogP contribution in [-0.4, -0.2) is 17.0 Å². The number of nitrogens with zero attached hydrogens (tertiary/aromatic N) is 1. The Labute approximate surface area is 129 Å². The zero-order valence-electron chi connectivity index (χ0n) is 13.1. The molecule has 2 heterocycles. The van der Waals surface area contributed by atoms with Gasteiger partial charge in [0.05, 0.1) is 17.3 Å². The molecule has 0 aliphatic carbocycles. The molecule has 22 heavy (non-hydrogen) atoms. The normalized spacial score (nSPS) is 11.3. The molecule has 114 valence electrons. The molecule has 0 atom stereocenters. The summed E-state index contributed by atoms with van der Waals surface area (Å²) in [5.74, 6) is 0.612. The number of para-hydroxylation sites is 1. The highest BCUT2D eigenvalue weighted by Crippen LogP contribution is 2.28. The van der Waals surface area contributed by atoms with E-state index >= 15 is 0 Å². The molecule has 0 unspecified atom stereocenters. The van der Waals surface area contributed by atoms with Gasteiger partial charge in [-0.2, -0.15) is 0 Å². The number of benzene rings is 1. The van der Waals surface area contributed by atoms with Gasteiger partial charge in [0, 0.05) is 16.6 Å². The molecule has 0 bridgehead atoms. The van der Waals surface area contributed by atoms with E-state index in [1.807, 2.05) is 45.0 Å². The topological polar surface area (TPSA) is 61.2 Å². The summed E-state index contributed by atoms with van der Waals surface area (Å²) in [6, 6.07) is 7.97. The van der Waals surface area contributed by atoms with E-state index in [-0.39, 0.29) is 5.91 Å². The first kappa shape index (κ1) is 14.6. The summed E-state index contributed by atoms with van der Waals surface area (Å²) in [5, 5.41) is 1.10. The first-order valence-corrected chi connectivity index (χ1v) is 7.44. The maximum absolute atomic E-state index is 13.1. The van der Waals surface area contributed by atoms with Gasteiger partial charge in [-0.05, 0) is 45.4 Å². The Hall–Kier alpha value is -2.33. The molecule has 0 saturated carbocycles. The zero-order valence-corrected chi connectivity index (χ0v) is 13.1. The average molecular weight is 296 g/mol. The van der Waals surface area contributed by atoms with Crippen molar-refractivity contribution in [3.63, 3.8) is 0 Å². The maximum Gasteiger partial charge on any atom is 0.266 e. The molecule has 0 amide bonds. The molecule has 0 spiro atoms. The molecule has 0 aliphatic rings. The maximum atomic E-state index is 13.1. The summed E-state index contributed by atoms with van der Waals surface area (Å²) in [4.78, 5) is 13.1.